The maximum Gasteiger partial charge on any atom is 0.335 e. The van der Waals surface area contributed by atoms with Crippen LogP contribution in [-0.4, -0.2) is 32.2 Å². The molecule has 1 aliphatic carbocycles. The van der Waals surface area contributed by atoms with E-state index in [1.807, 2.05) is 17.6 Å². The first-order valence-electron chi connectivity index (χ1n) is 10.5. The fraction of sp³-hybridized carbons (Fsp3) is 0.500. The number of nitrogens with zero attached hydrogens (tertiary/aromatic N) is 5. The summed E-state index contributed by atoms with van der Waals surface area (Å²) in [6.07, 6.45) is 3.54. The summed E-state index contributed by atoms with van der Waals surface area (Å²) in [5, 5.41) is 0. The van der Waals surface area contributed by atoms with E-state index < -0.39 is 0 Å². The molecule has 152 valence electrons. The highest BCUT2D eigenvalue weighted by molar-refractivity contribution is 9.10. The Morgan fingerprint density at radius 3 is 2.69 bits per heavy atom. The molecule has 0 spiro atoms. The van der Waals surface area contributed by atoms with Gasteiger partial charge in [-0.3, -0.25) is 4.57 Å². The highest BCUT2D eigenvalue weighted by atomic mass is 79.9. The van der Waals surface area contributed by atoms with Crippen LogP contribution in [0.3, 0.4) is 0 Å². The Kier molecular flexibility index (Phi) is 4.53. The van der Waals surface area contributed by atoms with Crippen LogP contribution in [0.25, 0.3) is 16.9 Å². The maximum absolute atomic E-state index is 13.5. The number of hydrogen-bond acceptors (Lipinski definition) is 4. The summed E-state index contributed by atoms with van der Waals surface area (Å²) in [5.41, 5.74) is 3.62. The van der Waals surface area contributed by atoms with E-state index in [9.17, 15) is 4.79 Å². The van der Waals surface area contributed by atoms with Gasteiger partial charge in [-0.15, -0.1) is 0 Å². The van der Waals surface area contributed by atoms with Crippen molar-refractivity contribution in [2.45, 2.75) is 52.5 Å². The van der Waals surface area contributed by atoms with Gasteiger partial charge in [-0.25, -0.2) is 19.3 Å². The normalized spacial score (nSPS) is 16.7. The van der Waals surface area contributed by atoms with Crippen LogP contribution >= 0.6 is 15.9 Å². The average molecular weight is 456 g/mol. The number of halogens is 1. The molecule has 3 heterocycles. The SMILES string of the molecule is Cc1nc2c3c(n1)n(-c1ccc(C(C)C)cc1Br)c(=O)n3CCCN2CC1CC1. The van der Waals surface area contributed by atoms with Crippen molar-refractivity contribution in [1.82, 2.24) is 19.1 Å². The van der Waals surface area contributed by atoms with Crippen LogP contribution in [0.15, 0.2) is 27.5 Å². The van der Waals surface area contributed by atoms with Gasteiger partial charge in [-0.05, 0) is 71.6 Å². The number of imidazole rings is 1. The summed E-state index contributed by atoms with van der Waals surface area (Å²) in [6, 6.07) is 6.23. The number of aromatic nitrogens is 4. The van der Waals surface area contributed by atoms with Crippen molar-refractivity contribution in [3.63, 3.8) is 0 Å². The third-order valence-electron chi connectivity index (χ3n) is 6.03. The molecule has 5 rings (SSSR count). The molecule has 7 heteroatoms. The minimum atomic E-state index is -0.0348. The Hall–Kier alpha value is -2.15. The molecule has 0 amide bonds. The molecule has 29 heavy (non-hydrogen) atoms. The van der Waals surface area contributed by atoms with Gasteiger partial charge in [0.25, 0.3) is 0 Å². The molecule has 0 N–H and O–H groups in total. The molecule has 2 aliphatic rings. The Labute approximate surface area is 178 Å². The maximum atomic E-state index is 13.5. The van der Waals surface area contributed by atoms with Crippen molar-refractivity contribution < 1.29 is 0 Å². The first-order valence-corrected chi connectivity index (χ1v) is 11.3. The summed E-state index contributed by atoms with van der Waals surface area (Å²) in [5.74, 6) is 2.81. The van der Waals surface area contributed by atoms with Crippen LogP contribution in [0.5, 0.6) is 0 Å². The van der Waals surface area contributed by atoms with E-state index in [-0.39, 0.29) is 5.69 Å². The van der Waals surface area contributed by atoms with E-state index in [1.54, 1.807) is 4.57 Å². The van der Waals surface area contributed by atoms with Gasteiger partial charge in [-0.1, -0.05) is 19.9 Å². The molecule has 1 aliphatic heterocycles. The molecular formula is C22H26BrN5O. The zero-order valence-corrected chi connectivity index (χ0v) is 18.7. The van der Waals surface area contributed by atoms with Gasteiger partial charge >= 0.3 is 5.69 Å². The minimum absolute atomic E-state index is 0.0348. The highest BCUT2D eigenvalue weighted by Crippen LogP contribution is 2.35. The number of hydrogen-bond donors (Lipinski definition) is 0. The Balaban J connectivity index is 1.75. The van der Waals surface area contributed by atoms with Gasteiger partial charge in [-0.2, -0.15) is 0 Å². The van der Waals surface area contributed by atoms with Gasteiger partial charge in [0.1, 0.15) is 11.3 Å². The first-order chi connectivity index (χ1) is 13.9. The van der Waals surface area contributed by atoms with Crippen molar-refractivity contribution in [1.29, 1.82) is 0 Å². The van der Waals surface area contributed by atoms with E-state index in [4.69, 9.17) is 9.97 Å². The van der Waals surface area contributed by atoms with Gasteiger partial charge in [0.05, 0.1) is 5.69 Å². The van der Waals surface area contributed by atoms with Crippen molar-refractivity contribution in [3.8, 4) is 5.69 Å². The molecule has 0 unspecified atom stereocenters. The Morgan fingerprint density at radius 1 is 1.21 bits per heavy atom. The van der Waals surface area contributed by atoms with Crippen LogP contribution in [-0.2, 0) is 6.54 Å². The quantitative estimate of drug-likeness (QED) is 0.584. The van der Waals surface area contributed by atoms with Crippen molar-refractivity contribution in [2.75, 3.05) is 18.0 Å². The molecule has 0 atom stereocenters. The molecular weight excluding hydrogens is 430 g/mol. The lowest BCUT2D eigenvalue weighted by atomic mass is 10.0. The average Bonchev–Trinajstić information content (AvgIpc) is 3.47. The van der Waals surface area contributed by atoms with Crippen molar-refractivity contribution in [2.24, 2.45) is 5.92 Å². The topological polar surface area (TPSA) is 56.0 Å². The third-order valence-corrected chi connectivity index (χ3v) is 6.66. The lowest BCUT2D eigenvalue weighted by Crippen LogP contribution is -2.28. The number of rotatable bonds is 4. The van der Waals surface area contributed by atoms with Crippen LogP contribution in [0.2, 0.25) is 0 Å². The zero-order valence-electron chi connectivity index (χ0n) is 17.2. The van der Waals surface area contributed by atoms with E-state index in [1.165, 1.54) is 18.4 Å². The minimum Gasteiger partial charge on any atom is -0.354 e. The fourth-order valence-electron chi connectivity index (χ4n) is 4.27. The summed E-state index contributed by atoms with van der Waals surface area (Å²) < 4.78 is 4.54. The molecule has 0 bridgehead atoms. The van der Waals surface area contributed by atoms with Crippen LogP contribution in [0.4, 0.5) is 5.82 Å². The van der Waals surface area contributed by atoms with E-state index in [0.717, 1.165) is 46.9 Å². The van der Waals surface area contributed by atoms with Gasteiger partial charge < -0.3 is 4.90 Å². The summed E-state index contributed by atoms with van der Waals surface area (Å²) in [7, 11) is 0. The fourth-order valence-corrected chi connectivity index (χ4v) is 4.84. The van der Waals surface area contributed by atoms with Crippen LogP contribution in [0.1, 0.15) is 50.4 Å². The predicted molar refractivity (Wildman–Crippen MR) is 119 cm³/mol. The molecule has 2 aromatic heterocycles. The van der Waals surface area contributed by atoms with E-state index >= 15 is 0 Å². The smallest absolute Gasteiger partial charge is 0.335 e. The monoisotopic (exact) mass is 455 g/mol. The lowest BCUT2D eigenvalue weighted by molar-refractivity contribution is 0.619. The second kappa shape index (κ2) is 6.97. The van der Waals surface area contributed by atoms with Crippen molar-refractivity contribution >= 4 is 32.9 Å². The number of aryl methyl sites for hydroxylation is 2. The molecule has 0 radical (unpaired) electrons. The second-order valence-corrected chi connectivity index (χ2v) is 9.50. The Morgan fingerprint density at radius 2 is 2.00 bits per heavy atom. The lowest BCUT2D eigenvalue weighted by Gasteiger charge is -2.22. The van der Waals surface area contributed by atoms with Gasteiger partial charge in [0, 0.05) is 24.1 Å². The second-order valence-electron chi connectivity index (χ2n) is 8.64. The van der Waals surface area contributed by atoms with Gasteiger partial charge in [0.2, 0.25) is 0 Å². The summed E-state index contributed by atoms with van der Waals surface area (Å²) in [6.45, 7) is 8.92. The van der Waals surface area contributed by atoms with E-state index in [2.05, 4.69) is 46.8 Å². The zero-order chi connectivity index (χ0) is 20.3. The van der Waals surface area contributed by atoms with Crippen LogP contribution < -0.4 is 10.6 Å². The van der Waals surface area contributed by atoms with Crippen LogP contribution in [0, 0.1) is 12.8 Å². The molecule has 1 aromatic carbocycles. The van der Waals surface area contributed by atoms with E-state index in [0.29, 0.717) is 23.9 Å². The molecule has 6 nitrogen and oxygen atoms in total. The summed E-state index contributed by atoms with van der Waals surface area (Å²) >= 11 is 3.70. The molecule has 1 saturated carbocycles. The molecule has 1 fully saturated rings. The number of anilines is 1. The molecule has 3 aromatic rings. The third kappa shape index (κ3) is 3.19. The first kappa shape index (κ1) is 18.9. The van der Waals surface area contributed by atoms with Gasteiger partial charge in [0.15, 0.2) is 11.5 Å². The predicted octanol–water partition coefficient (Wildman–Crippen LogP) is 4.40. The Bertz CT molecular complexity index is 1160. The number of benzene rings is 1. The molecule has 0 saturated heterocycles. The largest absolute Gasteiger partial charge is 0.354 e. The standard InChI is InChI=1S/C22H26BrN5O/c1-13(2)16-7-8-18(17(23)11-16)28-21-19-20(24-14(3)25-21)26(12-15-5-6-15)9-4-10-27(19)22(28)29/h7-8,11,13,15H,4-6,9-10,12H2,1-3H3. The summed E-state index contributed by atoms with van der Waals surface area (Å²) in [4.78, 5) is 25.4. The van der Waals surface area contributed by atoms with Crippen molar-refractivity contribution in [3.05, 3.63) is 44.5 Å². The highest BCUT2D eigenvalue weighted by Gasteiger charge is 2.30.